The highest BCUT2D eigenvalue weighted by molar-refractivity contribution is 8.26. The summed E-state index contributed by atoms with van der Waals surface area (Å²) >= 11 is 6.14. The Balaban J connectivity index is 1.86. The van der Waals surface area contributed by atoms with Crippen molar-refractivity contribution in [2.24, 2.45) is 0 Å². The topological polar surface area (TPSA) is 88.6 Å². The van der Waals surface area contributed by atoms with Crippen molar-refractivity contribution in [3.63, 3.8) is 0 Å². The molecule has 1 aliphatic rings. The third kappa shape index (κ3) is 3.38. The molecule has 0 unspecified atom stereocenters. The number of furan rings is 1. The van der Waals surface area contributed by atoms with Crippen molar-refractivity contribution < 1.29 is 9.21 Å². The first-order valence-corrected chi connectivity index (χ1v) is 9.28. The molecular weight excluding hydrogens is 384 g/mol. The first kappa shape index (κ1) is 17.5. The van der Waals surface area contributed by atoms with Gasteiger partial charge in [-0.1, -0.05) is 30.0 Å². The largest absolute Gasteiger partial charge is 0.467 e. The molecule has 4 rings (SSSR count). The fourth-order valence-corrected chi connectivity index (χ4v) is 3.74. The molecule has 1 aliphatic heterocycles. The van der Waals surface area contributed by atoms with Gasteiger partial charge in [-0.2, -0.15) is 0 Å². The molecule has 0 radical (unpaired) electrons. The average Bonchev–Trinajstić information content (AvgIpc) is 3.26. The number of nitrogens with zero attached hydrogens (tertiary/aromatic N) is 2. The first-order chi connectivity index (χ1) is 13.0. The Hall–Kier alpha value is -2.91. The van der Waals surface area contributed by atoms with E-state index in [2.05, 4.69) is 15.6 Å². The number of aryl methyl sites for hydroxylation is 1. The summed E-state index contributed by atoms with van der Waals surface area (Å²) in [5, 5.41) is 5.69. The maximum absolute atomic E-state index is 13.1. The van der Waals surface area contributed by atoms with Gasteiger partial charge in [0, 0.05) is 6.20 Å². The molecule has 4 heterocycles. The fraction of sp³-hybridized carbons (Fsp3) is 0.111. The van der Waals surface area contributed by atoms with Gasteiger partial charge in [0.15, 0.2) is 0 Å². The lowest BCUT2D eigenvalue weighted by Crippen LogP contribution is -2.22. The van der Waals surface area contributed by atoms with Gasteiger partial charge in [-0.25, -0.2) is 4.98 Å². The van der Waals surface area contributed by atoms with E-state index >= 15 is 0 Å². The molecule has 0 bridgehead atoms. The smallest absolute Gasteiger partial charge is 0.267 e. The summed E-state index contributed by atoms with van der Waals surface area (Å²) < 4.78 is 7.16. The van der Waals surface area contributed by atoms with E-state index in [9.17, 15) is 9.59 Å². The number of nitrogens with one attached hydrogen (secondary N) is 2. The van der Waals surface area contributed by atoms with Gasteiger partial charge < -0.3 is 15.1 Å². The second kappa shape index (κ2) is 7.01. The summed E-state index contributed by atoms with van der Waals surface area (Å²) in [6.07, 6.45) is 4.75. The molecule has 1 amide bonds. The summed E-state index contributed by atoms with van der Waals surface area (Å²) in [7, 11) is 0. The number of hydrogen-bond donors (Lipinski definition) is 2. The van der Waals surface area contributed by atoms with Crippen LogP contribution in [0.25, 0.3) is 11.7 Å². The van der Waals surface area contributed by atoms with E-state index < -0.39 is 0 Å². The molecule has 1 fully saturated rings. The molecule has 0 spiro atoms. The average molecular weight is 398 g/mol. The number of hydrogen-bond acceptors (Lipinski definition) is 7. The Morgan fingerprint density at radius 2 is 2.22 bits per heavy atom. The van der Waals surface area contributed by atoms with Crippen LogP contribution in [-0.2, 0) is 11.3 Å². The van der Waals surface area contributed by atoms with Gasteiger partial charge in [0.25, 0.3) is 11.5 Å². The zero-order chi connectivity index (χ0) is 19.0. The number of carbonyl (C=O) groups is 1. The Morgan fingerprint density at radius 1 is 1.37 bits per heavy atom. The normalized spacial score (nSPS) is 15.5. The van der Waals surface area contributed by atoms with Crippen molar-refractivity contribution in [2.45, 2.75) is 13.5 Å². The van der Waals surface area contributed by atoms with Crippen LogP contribution in [0.5, 0.6) is 0 Å². The number of aromatic nitrogens is 2. The van der Waals surface area contributed by atoms with Gasteiger partial charge in [-0.3, -0.25) is 14.0 Å². The van der Waals surface area contributed by atoms with E-state index in [4.69, 9.17) is 16.6 Å². The SMILES string of the molecule is Cc1cccn2c(=O)c(/C=C3\SC(=S)NC3=O)c(NCc3ccco3)nc12. The zero-order valence-corrected chi connectivity index (χ0v) is 15.8. The number of anilines is 1. The molecule has 1 saturated heterocycles. The van der Waals surface area contributed by atoms with E-state index in [0.29, 0.717) is 33.0 Å². The molecule has 9 heteroatoms. The first-order valence-electron chi connectivity index (χ1n) is 8.06. The van der Waals surface area contributed by atoms with Gasteiger partial charge in [0.1, 0.15) is 21.5 Å². The van der Waals surface area contributed by atoms with Crippen molar-refractivity contribution in [3.05, 3.63) is 68.9 Å². The van der Waals surface area contributed by atoms with E-state index in [-0.39, 0.29) is 17.0 Å². The minimum atomic E-state index is -0.323. The summed E-state index contributed by atoms with van der Waals surface area (Å²) in [5.74, 6) is 0.759. The highest BCUT2D eigenvalue weighted by atomic mass is 32.2. The van der Waals surface area contributed by atoms with Crippen molar-refractivity contribution in [3.8, 4) is 0 Å². The third-order valence-corrected chi connectivity index (χ3v) is 5.17. The molecule has 3 aromatic heterocycles. The van der Waals surface area contributed by atoms with E-state index in [1.807, 2.05) is 19.1 Å². The van der Waals surface area contributed by atoms with Crippen molar-refractivity contribution in [2.75, 3.05) is 5.32 Å². The van der Waals surface area contributed by atoms with Crippen LogP contribution in [0.4, 0.5) is 5.82 Å². The maximum atomic E-state index is 13.1. The number of pyridine rings is 1. The number of fused-ring (bicyclic) bond motifs is 1. The summed E-state index contributed by atoms with van der Waals surface area (Å²) in [4.78, 5) is 30.1. The highest BCUT2D eigenvalue weighted by Crippen LogP contribution is 2.27. The molecule has 0 aromatic carbocycles. The van der Waals surface area contributed by atoms with Gasteiger partial charge in [0.05, 0.1) is 23.3 Å². The van der Waals surface area contributed by atoms with Gasteiger partial charge >= 0.3 is 0 Å². The van der Waals surface area contributed by atoms with Crippen molar-refractivity contribution in [1.29, 1.82) is 0 Å². The van der Waals surface area contributed by atoms with Crippen LogP contribution < -0.4 is 16.2 Å². The molecular formula is C18H14N4O3S2. The number of carbonyl (C=O) groups excluding carboxylic acids is 1. The second-order valence-electron chi connectivity index (χ2n) is 5.85. The molecule has 3 aromatic rings. The fourth-order valence-electron chi connectivity index (χ4n) is 2.71. The molecule has 0 saturated carbocycles. The predicted octanol–water partition coefficient (Wildman–Crippen LogP) is 2.70. The van der Waals surface area contributed by atoms with Gasteiger partial charge in [-0.15, -0.1) is 0 Å². The van der Waals surface area contributed by atoms with Crippen LogP contribution in [0.3, 0.4) is 0 Å². The number of amides is 1. The van der Waals surface area contributed by atoms with Crippen LogP contribution in [0.2, 0.25) is 0 Å². The summed E-state index contributed by atoms with van der Waals surface area (Å²) in [5.41, 5.74) is 1.42. The molecule has 27 heavy (non-hydrogen) atoms. The monoisotopic (exact) mass is 398 g/mol. The molecule has 0 atom stereocenters. The number of thiocarbonyl (C=S) groups is 1. The molecule has 2 N–H and O–H groups in total. The van der Waals surface area contributed by atoms with E-state index in [0.717, 1.165) is 17.3 Å². The highest BCUT2D eigenvalue weighted by Gasteiger charge is 2.24. The molecule has 0 aliphatic carbocycles. The van der Waals surface area contributed by atoms with Crippen LogP contribution >= 0.6 is 24.0 Å². The lowest BCUT2D eigenvalue weighted by atomic mass is 10.2. The molecule has 7 nitrogen and oxygen atoms in total. The lowest BCUT2D eigenvalue weighted by molar-refractivity contribution is -0.115. The number of rotatable bonds is 4. The van der Waals surface area contributed by atoms with E-state index in [1.165, 1.54) is 10.5 Å². The van der Waals surface area contributed by atoms with Crippen LogP contribution in [0.1, 0.15) is 16.9 Å². The quantitative estimate of drug-likeness (QED) is 0.516. The standard InChI is InChI=1S/C18H14N4O3S2/c1-10-4-2-6-22-15(10)20-14(19-9-11-5-3-7-25-11)12(17(22)24)8-13-16(23)21-18(26)27-13/h2-8,19H,9H2,1H3,(H,21,23,26)/b13-8-. The maximum Gasteiger partial charge on any atom is 0.267 e. The predicted molar refractivity (Wildman–Crippen MR) is 109 cm³/mol. The van der Waals surface area contributed by atoms with Crippen LogP contribution in [0.15, 0.2) is 50.8 Å². The minimum Gasteiger partial charge on any atom is -0.467 e. The van der Waals surface area contributed by atoms with Gasteiger partial charge in [-0.05, 0) is 36.8 Å². The summed E-state index contributed by atoms with van der Waals surface area (Å²) in [6, 6.07) is 7.27. The third-order valence-electron chi connectivity index (χ3n) is 4.01. The second-order valence-corrected chi connectivity index (χ2v) is 7.57. The van der Waals surface area contributed by atoms with Crippen molar-refractivity contribution in [1.82, 2.24) is 14.7 Å². The zero-order valence-electron chi connectivity index (χ0n) is 14.2. The Labute approximate surface area is 163 Å². The molecule has 136 valence electrons. The minimum absolute atomic E-state index is 0.274. The van der Waals surface area contributed by atoms with Crippen molar-refractivity contribution >= 4 is 51.7 Å². The Morgan fingerprint density at radius 3 is 2.93 bits per heavy atom. The summed E-state index contributed by atoms with van der Waals surface area (Å²) in [6.45, 7) is 2.24. The Kier molecular flexibility index (Phi) is 4.54. The van der Waals surface area contributed by atoms with Crippen LogP contribution in [0, 0.1) is 6.92 Å². The van der Waals surface area contributed by atoms with Gasteiger partial charge in [0.2, 0.25) is 0 Å². The van der Waals surface area contributed by atoms with Crippen LogP contribution in [-0.4, -0.2) is 19.6 Å². The number of thioether (sulfide) groups is 1. The lowest BCUT2D eigenvalue weighted by Gasteiger charge is -2.11. The van der Waals surface area contributed by atoms with E-state index in [1.54, 1.807) is 24.6 Å². The Bertz CT molecular complexity index is 1150.